The van der Waals surface area contributed by atoms with Crippen molar-refractivity contribution >= 4 is 41.6 Å². The molecule has 2 unspecified atom stereocenters. The number of nitrogens with two attached hydrogens (primary N) is 1. The summed E-state index contributed by atoms with van der Waals surface area (Å²) in [4.78, 5) is 24.7. The fourth-order valence-corrected chi connectivity index (χ4v) is 5.00. The quantitative estimate of drug-likeness (QED) is 0.135. The maximum atomic E-state index is 11.8. The Labute approximate surface area is 250 Å². The minimum absolute atomic E-state index is 0.206. The molecule has 0 radical (unpaired) electrons. The molecular formula is C32H36ClN5O4. The number of amides is 1. The molecule has 0 aliphatic carbocycles. The number of nitrogens with zero attached hydrogens (tertiary/aromatic N) is 3. The van der Waals surface area contributed by atoms with Crippen molar-refractivity contribution in [1.29, 1.82) is 0 Å². The maximum Gasteiger partial charge on any atom is 0.210 e. The second-order valence-corrected chi connectivity index (χ2v) is 10.3. The van der Waals surface area contributed by atoms with E-state index in [0.29, 0.717) is 30.3 Å². The van der Waals surface area contributed by atoms with Gasteiger partial charge in [0.1, 0.15) is 17.8 Å². The molecule has 0 saturated heterocycles. The number of methoxy groups -OCH3 is 1. The fraction of sp³-hybridized carbons (Fsp3) is 0.281. The number of fused-ring (bicyclic) bond motifs is 3. The molecule has 0 fully saturated rings. The first-order valence-electron chi connectivity index (χ1n) is 13.7. The number of nitrogens with one attached hydrogen (secondary N) is 1. The molecule has 10 heteroatoms. The van der Waals surface area contributed by atoms with Gasteiger partial charge >= 0.3 is 0 Å². The van der Waals surface area contributed by atoms with E-state index in [-0.39, 0.29) is 12.6 Å². The Balaban J connectivity index is 0.000000385. The van der Waals surface area contributed by atoms with Crippen molar-refractivity contribution in [2.24, 2.45) is 15.7 Å². The van der Waals surface area contributed by atoms with Crippen LogP contribution >= 0.6 is 11.6 Å². The van der Waals surface area contributed by atoms with Crippen LogP contribution in [0.2, 0.25) is 5.02 Å². The Morgan fingerprint density at radius 1 is 1.14 bits per heavy atom. The second kappa shape index (κ2) is 15.0. The summed E-state index contributed by atoms with van der Waals surface area (Å²) in [6.07, 6.45) is 3.94. The molecule has 42 heavy (non-hydrogen) atoms. The van der Waals surface area contributed by atoms with E-state index in [1.54, 1.807) is 12.0 Å². The van der Waals surface area contributed by atoms with E-state index < -0.39 is 6.10 Å². The zero-order valence-electron chi connectivity index (χ0n) is 23.7. The summed E-state index contributed by atoms with van der Waals surface area (Å²) in [5.41, 5.74) is 10.6. The lowest BCUT2D eigenvalue weighted by atomic mass is 9.93. The van der Waals surface area contributed by atoms with Crippen LogP contribution in [0.4, 0.5) is 0 Å². The van der Waals surface area contributed by atoms with Crippen molar-refractivity contribution in [3.05, 3.63) is 94.1 Å². The normalized spacial score (nSPS) is 15.3. The summed E-state index contributed by atoms with van der Waals surface area (Å²) in [6.45, 7) is 3.28. The topological polar surface area (TPSA) is 126 Å². The third-order valence-corrected chi connectivity index (χ3v) is 7.22. The van der Waals surface area contributed by atoms with Gasteiger partial charge in [-0.25, -0.2) is 4.99 Å². The van der Waals surface area contributed by atoms with E-state index in [4.69, 9.17) is 26.8 Å². The lowest BCUT2D eigenvalue weighted by molar-refractivity contribution is -0.120. The van der Waals surface area contributed by atoms with Gasteiger partial charge in [-0.2, -0.15) is 0 Å². The molecule has 0 spiro atoms. The van der Waals surface area contributed by atoms with Gasteiger partial charge in [0.25, 0.3) is 0 Å². The Kier molecular flexibility index (Phi) is 11.0. The van der Waals surface area contributed by atoms with Crippen molar-refractivity contribution < 1.29 is 19.4 Å². The van der Waals surface area contributed by atoms with Crippen molar-refractivity contribution in [2.45, 2.75) is 31.9 Å². The van der Waals surface area contributed by atoms with Gasteiger partial charge in [0.05, 0.1) is 38.7 Å². The molecule has 220 valence electrons. The Morgan fingerprint density at radius 2 is 1.88 bits per heavy atom. The first-order valence-corrected chi connectivity index (χ1v) is 14.1. The number of benzene rings is 3. The number of halogens is 1. The third kappa shape index (κ3) is 7.90. The van der Waals surface area contributed by atoms with Crippen LogP contribution in [0.15, 0.2) is 76.7 Å². The smallest absolute Gasteiger partial charge is 0.210 e. The summed E-state index contributed by atoms with van der Waals surface area (Å²) in [6, 6.07) is 21.3. The molecule has 1 aromatic heterocycles. The predicted molar refractivity (Wildman–Crippen MR) is 168 cm³/mol. The van der Waals surface area contributed by atoms with E-state index in [1.165, 1.54) is 17.5 Å². The van der Waals surface area contributed by atoms with Gasteiger partial charge < -0.3 is 30.2 Å². The highest BCUT2D eigenvalue weighted by molar-refractivity contribution is 6.31. The highest BCUT2D eigenvalue weighted by Crippen LogP contribution is 2.38. The molecule has 1 aliphatic rings. The number of carbonyl (C=O) groups is 1. The highest BCUT2D eigenvalue weighted by atomic mass is 35.5. The van der Waals surface area contributed by atoms with Crippen molar-refractivity contribution in [3.63, 3.8) is 0 Å². The first kappa shape index (κ1) is 30.6. The van der Waals surface area contributed by atoms with Crippen LogP contribution in [0.3, 0.4) is 0 Å². The molecule has 3 aromatic carbocycles. The minimum Gasteiger partial charge on any atom is -0.497 e. The number of aromatic amines is 1. The maximum absolute atomic E-state index is 11.8. The molecule has 4 aromatic rings. The standard InChI is InChI=1S/C24H26ClN5O3.C8H10O/c25-17-3-6-22-21(11-17)20-7-9-30(15-31)24(23(20)29-22)16-1-4-19(5-2-16)33-10-8-18(32)12-27-14-28-13-26;1-7-3-5-8(9-2)6-4-7/h1-6,11,13-15,18,24,29,32H,7-10,12H2,(H2,26,27,28);3-6H,1-2H3. The van der Waals surface area contributed by atoms with E-state index in [9.17, 15) is 9.90 Å². The predicted octanol–water partition coefficient (Wildman–Crippen LogP) is 5.07. The number of hydrogen-bond donors (Lipinski definition) is 3. The van der Waals surface area contributed by atoms with Gasteiger partial charge in [-0.3, -0.25) is 9.79 Å². The van der Waals surface area contributed by atoms with Crippen LogP contribution in [0.1, 0.15) is 34.8 Å². The van der Waals surface area contributed by atoms with Crippen LogP contribution in [-0.2, 0) is 11.2 Å². The molecule has 1 aliphatic heterocycles. The van der Waals surface area contributed by atoms with Gasteiger partial charge in [-0.15, -0.1) is 0 Å². The monoisotopic (exact) mass is 589 g/mol. The second-order valence-electron chi connectivity index (χ2n) is 9.86. The molecule has 2 atom stereocenters. The molecular weight excluding hydrogens is 554 g/mol. The lowest BCUT2D eigenvalue weighted by Crippen LogP contribution is -2.34. The number of aliphatic imine (C=N–C) groups is 2. The largest absolute Gasteiger partial charge is 0.497 e. The number of hydrogen-bond acceptors (Lipinski definition) is 5. The Bertz CT molecular complexity index is 1500. The number of ether oxygens (including phenoxy) is 2. The first-order chi connectivity index (χ1) is 20.4. The SMILES string of the molecule is COc1ccc(C)cc1.NC=NC=NCC(O)CCOc1ccc(C2c3[nH]c4ccc(Cl)cc4c3CCN2C=O)cc1. The number of aliphatic hydroxyl groups is 1. The number of rotatable bonds is 10. The molecule has 4 N–H and O–H groups in total. The number of H-pyrrole nitrogens is 1. The van der Waals surface area contributed by atoms with Crippen molar-refractivity contribution in [2.75, 3.05) is 26.8 Å². The zero-order valence-corrected chi connectivity index (χ0v) is 24.5. The number of aliphatic hydroxyl groups excluding tert-OH is 1. The highest BCUT2D eigenvalue weighted by Gasteiger charge is 2.31. The van der Waals surface area contributed by atoms with Gasteiger partial charge in [-0.05, 0) is 66.9 Å². The zero-order chi connectivity index (χ0) is 29.9. The van der Waals surface area contributed by atoms with Gasteiger partial charge in [0.15, 0.2) is 0 Å². The van der Waals surface area contributed by atoms with E-state index in [1.807, 2.05) is 66.7 Å². The number of carbonyl (C=O) groups excluding carboxylic acids is 1. The molecule has 0 saturated carbocycles. The third-order valence-electron chi connectivity index (χ3n) is 6.98. The molecule has 2 heterocycles. The Morgan fingerprint density at radius 3 is 2.57 bits per heavy atom. The average molecular weight is 590 g/mol. The summed E-state index contributed by atoms with van der Waals surface area (Å²) in [7, 11) is 1.67. The van der Waals surface area contributed by atoms with Crippen molar-refractivity contribution in [1.82, 2.24) is 9.88 Å². The summed E-state index contributed by atoms with van der Waals surface area (Å²) in [5, 5.41) is 11.7. The van der Waals surface area contributed by atoms with Gasteiger partial charge in [0.2, 0.25) is 6.41 Å². The van der Waals surface area contributed by atoms with E-state index in [0.717, 1.165) is 47.1 Å². The average Bonchev–Trinajstić information content (AvgIpc) is 3.37. The number of aromatic nitrogens is 1. The summed E-state index contributed by atoms with van der Waals surface area (Å²) >= 11 is 6.22. The lowest BCUT2D eigenvalue weighted by Gasteiger charge is -2.33. The fourth-order valence-electron chi connectivity index (χ4n) is 4.83. The summed E-state index contributed by atoms with van der Waals surface area (Å²) in [5.74, 6) is 1.61. The number of aryl methyl sites for hydroxylation is 1. The molecule has 1 amide bonds. The minimum atomic E-state index is -0.620. The van der Waals surface area contributed by atoms with Crippen LogP contribution in [0, 0.1) is 6.92 Å². The Hall–Kier alpha value is -4.34. The van der Waals surface area contributed by atoms with Crippen LogP contribution in [0.5, 0.6) is 11.5 Å². The van der Waals surface area contributed by atoms with Gasteiger partial charge in [-0.1, -0.05) is 41.4 Å². The molecule has 0 bridgehead atoms. The molecule has 9 nitrogen and oxygen atoms in total. The summed E-state index contributed by atoms with van der Waals surface area (Å²) < 4.78 is 10.7. The van der Waals surface area contributed by atoms with Crippen molar-refractivity contribution in [3.8, 4) is 11.5 Å². The van der Waals surface area contributed by atoms with Crippen LogP contribution < -0.4 is 15.2 Å². The van der Waals surface area contributed by atoms with Gasteiger partial charge in [0, 0.05) is 34.6 Å². The van der Waals surface area contributed by atoms with Crippen LogP contribution in [-0.4, -0.2) is 67.0 Å². The molecule has 5 rings (SSSR count). The van der Waals surface area contributed by atoms with Crippen LogP contribution in [0.25, 0.3) is 10.9 Å². The van der Waals surface area contributed by atoms with E-state index >= 15 is 0 Å². The van der Waals surface area contributed by atoms with E-state index in [2.05, 4.69) is 21.9 Å².